The molecule has 0 heterocycles. The van der Waals surface area contributed by atoms with Crippen molar-refractivity contribution in [1.29, 1.82) is 0 Å². The van der Waals surface area contributed by atoms with E-state index in [1.165, 1.54) is 6.07 Å². The molecule has 0 saturated heterocycles. The van der Waals surface area contributed by atoms with Gasteiger partial charge in [0.05, 0.1) is 13.2 Å². The van der Waals surface area contributed by atoms with Crippen LogP contribution in [-0.2, 0) is 9.53 Å². The smallest absolute Gasteiger partial charge is 0.305 e. The van der Waals surface area contributed by atoms with Crippen LogP contribution < -0.4 is 4.74 Å². The minimum Gasteiger partial charge on any atom is -0.491 e. The summed E-state index contributed by atoms with van der Waals surface area (Å²) in [5, 5.41) is 0. The third-order valence-electron chi connectivity index (χ3n) is 3.35. The van der Waals surface area contributed by atoms with Gasteiger partial charge in [0, 0.05) is 6.42 Å². The van der Waals surface area contributed by atoms with Gasteiger partial charge in [0.15, 0.2) is 11.6 Å². The molecule has 3 nitrogen and oxygen atoms in total. The highest BCUT2D eigenvalue weighted by Gasteiger charge is 2.33. The number of carbonyl (C=O) groups is 1. The molecule has 1 aliphatic carbocycles. The van der Waals surface area contributed by atoms with Crippen LogP contribution in [0.1, 0.15) is 26.2 Å². The van der Waals surface area contributed by atoms with E-state index in [-0.39, 0.29) is 17.5 Å². The lowest BCUT2D eigenvalue weighted by Gasteiger charge is -2.07. The van der Waals surface area contributed by atoms with Gasteiger partial charge < -0.3 is 9.47 Å². The van der Waals surface area contributed by atoms with Gasteiger partial charge in [-0.1, -0.05) is 19.1 Å². The molecule has 1 fully saturated rings. The van der Waals surface area contributed by atoms with Crippen molar-refractivity contribution in [2.24, 2.45) is 11.8 Å². The van der Waals surface area contributed by atoms with Crippen molar-refractivity contribution >= 4 is 5.97 Å². The summed E-state index contributed by atoms with van der Waals surface area (Å²) in [6.45, 7) is 3.00. The Kier molecular flexibility index (Phi) is 4.77. The summed E-state index contributed by atoms with van der Waals surface area (Å²) in [5.74, 6) is 0.891. The van der Waals surface area contributed by atoms with E-state index in [4.69, 9.17) is 9.47 Å². The van der Waals surface area contributed by atoms with Gasteiger partial charge in [-0.2, -0.15) is 0 Å². The van der Waals surface area contributed by atoms with E-state index in [1.807, 2.05) is 0 Å². The minimum absolute atomic E-state index is 0.198. The van der Waals surface area contributed by atoms with Gasteiger partial charge in [0.25, 0.3) is 0 Å². The molecule has 0 bridgehead atoms. The molecule has 104 valence electrons. The molecule has 0 N–H and O–H groups in total. The van der Waals surface area contributed by atoms with Crippen LogP contribution in [0.3, 0.4) is 0 Å². The summed E-state index contributed by atoms with van der Waals surface area (Å²) in [4.78, 5) is 11.4. The summed E-state index contributed by atoms with van der Waals surface area (Å²) >= 11 is 0. The SMILES string of the molecule is CC1CC1COC(=O)CCCOc1ccccc1F. The van der Waals surface area contributed by atoms with Gasteiger partial charge in [-0.05, 0) is 36.8 Å². The Hall–Kier alpha value is -1.58. The van der Waals surface area contributed by atoms with Crippen LogP contribution in [0.25, 0.3) is 0 Å². The molecule has 1 saturated carbocycles. The molecular weight excluding hydrogens is 247 g/mol. The van der Waals surface area contributed by atoms with Crippen LogP contribution in [0.2, 0.25) is 0 Å². The lowest BCUT2D eigenvalue weighted by Crippen LogP contribution is -2.09. The van der Waals surface area contributed by atoms with Crippen molar-refractivity contribution in [3.8, 4) is 5.75 Å². The van der Waals surface area contributed by atoms with Crippen LogP contribution in [-0.4, -0.2) is 19.2 Å². The zero-order chi connectivity index (χ0) is 13.7. The highest BCUT2D eigenvalue weighted by molar-refractivity contribution is 5.69. The zero-order valence-electron chi connectivity index (χ0n) is 11.1. The van der Waals surface area contributed by atoms with E-state index in [2.05, 4.69) is 6.92 Å². The molecule has 19 heavy (non-hydrogen) atoms. The summed E-state index contributed by atoms with van der Waals surface area (Å²) in [6.07, 6.45) is 2.01. The second-order valence-electron chi connectivity index (χ2n) is 5.04. The predicted molar refractivity (Wildman–Crippen MR) is 69.4 cm³/mol. The van der Waals surface area contributed by atoms with Gasteiger partial charge in [-0.25, -0.2) is 4.39 Å². The van der Waals surface area contributed by atoms with Crippen LogP contribution in [0.5, 0.6) is 5.75 Å². The Morgan fingerprint density at radius 3 is 2.84 bits per heavy atom. The first kappa shape index (κ1) is 13.8. The van der Waals surface area contributed by atoms with Gasteiger partial charge >= 0.3 is 5.97 Å². The lowest BCUT2D eigenvalue weighted by atomic mass is 10.3. The van der Waals surface area contributed by atoms with Crippen LogP contribution in [0, 0.1) is 17.7 Å². The van der Waals surface area contributed by atoms with Gasteiger partial charge in [0.1, 0.15) is 0 Å². The summed E-state index contributed by atoms with van der Waals surface area (Å²) in [7, 11) is 0. The molecule has 4 heteroatoms. The molecule has 0 aromatic heterocycles. The number of hydrogen-bond donors (Lipinski definition) is 0. The van der Waals surface area contributed by atoms with Crippen molar-refractivity contribution in [1.82, 2.24) is 0 Å². The largest absolute Gasteiger partial charge is 0.491 e. The fourth-order valence-electron chi connectivity index (χ4n) is 1.86. The van der Waals surface area contributed by atoms with Crippen molar-refractivity contribution in [2.45, 2.75) is 26.2 Å². The number of rotatable bonds is 7. The maximum Gasteiger partial charge on any atom is 0.305 e. The van der Waals surface area contributed by atoms with Gasteiger partial charge in [-0.15, -0.1) is 0 Å². The predicted octanol–water partition coefficient (Wildman–Crippen LogP) is 3.18. The van der Waals surface area contributed by atoms with E-state index in [0.29, 0.717) is 37.9 Å². The third-order valence-corrected chi connectivity index (χ3v) is 3.35. The maximum atomic E-state index is 13.2. The van der Waals surface area contributed by atoms with Crippen molar-refractivity contribution in [2.75, 3.05) is 13.2 Å². The highest BCUT2D eigenvalue weighted by Crippen LogP contribution is 2.37. The summed E-state index contributed by atoms with van der Waals surface area (Å²) < 4.78 is 23.6. The highest BCUT2D eigenvalue weighted by atomic mass is 19.1. The summed E-state index contributed by atoms with van der Waals surface area (Å²) in [6, 6.07) is 6.24. The number of para-hydroxylation sites is 1. The van der Waals surface area contributed by atoms with Crippen molar-refractivity contribution < 1.29 is 18.7 Å². The molecule has 1 aromatic carbocycles. The number of hydrogen-bond acceptors (Lipinski definition) is 3. The van der Waals surface area contributed by atoms with Gasteiger partial charge in [-0.3, -0.25) is 4.79 Å². The summed E-state index contributed by atoms with van der Waals surface area (Å²) in [5.41, 5.74) is 0. The molecule has 2 unspecified atom stereocenters. The number of esters is 1. The Bertz CT molecular complexity index is 433. The Morgan fingerprint density at radius 2 is 2.16 bits per heavy atom. The van der Waals surface area contributed by atoms with E-state index in [0.717, 1.165) is 6.42 Å². The normalized spacial score (nSPS) is 20.9. The molecule has 2 atom stereocenters. The molecule has 1 aromatic rings. The van der Waals surface area contributed by atoms with Crippen molar-refractivity contribution in [3.63, 3.8) is 0 Å². The number of ether oxygens (including phenoxy) is 2. The van der Waals surface area contributed by atoms with E-state index >= 15 is 0 Å². The third kappa shape index (κ3) is 4.54. The Labute approximate surface area is 112 Å². The molecule has 2 rings (SSSR count). The first-order valence-electron chi connectivity index (χ1n) is 6.70. The monoisotopic (exact) mass is 266 g/mol. The number of benzene rings is 1. The maximum absolute atomic E-state index is 13.2. The minimum atomic E-state index is -0.382. The molecular formula is C15H19FO3. The van der Waals surface area contributed by atoms with E-state index in [1.54, 1.807) is 18.2 Å². The standard InChI is InChI=1S/C15H19FO3/c1-11-9-12(11)10-19-15(17)7-4-8-18-14-6-3-2-5-13(14)16/h2-3,5-6,11-12H,4,7-10H2,1H3. The second kappa shape index (κ2) is 6.55. The number of carbonyl (C=O) groups excluding carboxylic acids is 1. The first-order chi connectivity index (χ1) is 9.16. The van der Waals surface area contributed by atoms with E-state index < -0.39 is 0 Å². The second-order valence-corrected chi connectivity index (χ2v) is 5.04. The molecule has 0 radical (unpaired) electrons. The van der Waals surface area contributed by atoms with Crippen molar-refractivity contribution in [3.05, 3.63) is 30.1 Å². The average Bonchev–Trinajstić information content (AvgIpc) is 3.10. The Morgan fingerprint density at radius 1 is 1.42 bits per heavy atom. The molecule has 1 aliphatic rings. The lowest BCUT2D eigenvalue weighted by molar-refractivity contribution is -0.144. The molecule has 0 amide bonds. The zero-order valence-corrected chi connectivity index (χ0v) is 11.1. The number of halogens is 1. The molecule has 0 aliphatic heterocycles. The molecule has 0 spiro atoms. The average molecular weight is 266 g/mol. The van der Waals surface area contributed by atoms with Crippen LogP contribution in [0.15, 0.2) is 24.3 Å². The fourth-order valence-corrected chi connectivity index (χ4v) is 1.86. The van der Waals surface area contributed by atoms with E-state index in [9.17, 15) is 9.18 Å². The fraction of sp³-hybridized carbons (Fsp3) is 0.533. The van der Waals surface area contributed by atoms with Crippen LogP contribution >= 0.6 is 0 Å². The first-order valence-corrected chi connectivity index (χ1v) is 6.70. The topological polar surface area (TPSA) is 35.5 Å². The van der Waals surface area contributed by atoms with Crippen LogP contribution in [0.4, 0.5) is 4.39 Å². The van der Waals surface area contributed by atoms with Gasteiger partial charge in [0.2, 0.25) is 0 Å². The quantitative estimate of drug-likeness (QED) is 0.561. The Balaban J connectivity index is 1.56.